The summed E-state index contributed by atoms with van der Waals surface area (Å²) in [6.45, 7) is 5.99. The fraction of sp³-hybridized carbons (Fsp3) is 0.833. The van der Waals surface area contributed by atoms with Crippen molar-refractivity contribution >= 4 is 0 Å². The SMILES string of the molecule is C[C@@H]1[C@@H](C2(C)OCCO2)[C@H]2C=C[C@@H]1C2. The van der Waals surface area contributed by atoms with E-state index >= 15 is 0 Å². The highest BCUT2D eigenvalue weighted by Crippen LogP contribution is 2.53. The van der Waals surface area contributed by atoms with Crippen LogP contribution in [0.5, 0.6) is 0 Å². The second kappa shape index (κ2) is 2.83. The Balaban J connectivity index is 1.88. The Bertz CT molecular complexity index is 265. The van der Waals surface area contributed by atoms with Gasteiger partial charge in [0.2, 0.25) is 0 Å². The van der Waals surface area contributed by atoms with Crippen LogP contribution >= 0.6 is 0 Å². The zero-order chi connectivity index (χ0) is 9.76. The molecule has 1 saturated carbocycles. The van der Waals surface area contributed by atoms with Gasteiger partial charge in [-0.15, -0.1) is 0 Å². The maximum absolute atomic E-state index is 5.79. The number of hydrogen-bond donors (Lipinski definition) is 0. The van der Waals surface area contributed by atoms with E-state index in [1.807, 2.05) is 0 Å². The van der Waals surface area contributed by atoms with Crippen molar-refractivity contribution in [1.29, 1.82) is 0 Å². The van der Waals surface area contributed by atoms with Gasteiger partial charge in [-0.2, -0.15) is 0 Å². The number of rotatable bonds is 1. The predicted octanol–water partition coefficient (Wildman–Crippen LogP) is 2.21. The second-order valence-corrected chi connectivity index (χ2v) is 5.05. The first-order valence-electron chi connectivity index (χ1n) is 5.67. The van der Waals surface area contributed by atoms with Crippen molar-refractivity contribution in [1.82, 2.24) is 0 Å². The van der Waals surface area contributed by atoms with Gasteiger partial charge < -0.3 is 9.47 Å². The molecule has 0 aromatic heterocycles. The van der Waals surface area contributed by atoms with Gasteiger partial charge in [0, 0.05) is 5.92 Å². The highest BCUT2D eigenvalue weighted by atomic mass is 16.7. The smallest absolute Gasteiger partial charge is 0.169 e. The van der Waals surface area contributed by atoms with E-state index in [9.17, 15) is 0 Å². The average Bonchev–Trinajstić information content (AvgIpc) is 2.79. The molecule has 0 aromatic rings. The van der Waals surface area contributed by atoms with Gasteiger partial charge in [0.05, 0.1) is 13.2 Å². The topological polar surface area (TPSA) is 18.5 Å². The quantitative estimate of drug-likeness (QED) is 0.596. The number of allylic oxidation sites excluding steroid dienone is 2. The number of fused-ring (bicyclic) bond motifs is 2. The summed E-state index contributed by atoms with van der Waals surface area (Å²) < 4.78 is 11.6. The van der Waals surface area contributed by atoms with Crippen LogP contribution in [0.2, 0.25) is 0 Å². The molecule has 3 rings (SSSR count). The van der Waals surface area contributed by atoms with Gasteiger partial charge in [0.1, 0.15) is 0 Å². The minimum Gasteiger partial charge on any atom is -0.348 e. The van der Waals surface area contributed by atoms with Gasteiger partial charge in [-0.25, -0.2) is 0 Å². The molecule has 0 radical (unpaired) electrons. The molecule has 0 amide bonds. The van der Waals surface area contributed by atoms with Crippen LogP contribution in [0.3, 0.4) is 0 Å². The lowest BCUT2D eigenvalue weighted by molar-refractivity contribution is -0.196. The zero-order valence-electron chi connectivity index (χ0n) is 8.90. The molecule has 14 heavy (non-hydrogen) atoms. The Morgan fingerprint density at radius 2 is 1.79 bits per heavy atom. The Hall–Kier alpha value is -0.340. The molecule has 0 N–H and O–H groups in total. The van der Waals surface area contributed by atoms with E-state index in [2.05, 4.69) is 26.0 Å². The van der Waals surface area contributed by atoms with Crippen molar-refractivity contribution in [2.45, 2.75) is 26.1 Å². The van der Waals surface area contributed by atoms with Gasteiger partial charge in [-0.05, 0) is 31.1 Å². The van der Waals surface area contributed by atoms with Crippen molar-refractivity contribution in [2.75, 3.05) is 13.2 Å². The first-order chi connectivity index (χ1) is 6.71. The molecule has 1 heterocycles. The lowest BCUT2D eigenvalue weighted by Gasteiger charge is -2.37. The molecule has 1 aliphatic heterocycles. The molecular weight excluding hydrogens is 176 g/mol. The van der Waals surface area contributed by atoms with Crippen molar-refractivity contribution in [3.63, 3.8) is 0 Å². The van der Waals surface area contributed by atoms with E-state index in [0.29, 0.717) is 17.8 Å². The lowest BCUT2D eigenvalue weighted by atomic mass is 9.79. The number of ether oxygens (including phenoxy) is 2. The minimum absolute atomic E-state index is 0.302. The third kappa shape index (κ3) is 1.04. The fourth-order valence-corrected chi connectivity index (χ4v) is 3.66. The molecule has 4 atom stereocenters. The third-order valence-corrected chi connectivity index (χ3v) is 4.32. The zero-order valence-corrected chi connectivity index (χ0v) is 8.90. The van der Waals surface area contributed by atoms with Crippen LogP contribution in [0.1, 0.15) is 20.3 Å². The molecule has 1 saturated heterocycles. The first-order valence-corrected chi connectivity index (χ1v) is 5.67. The number of hydrogen-bond acceptors (Lipinski definition) is 2. The van der Waals surface area contributed by atoms with E-state index in [1.165, 1.54) is 6.42 Å². The van der Waals surface area contributed by atoms with Crippen LogP contribution in [-0.2, 0) is 9.47 Å². The van der Waals surface area contributed by atoms with Crippen molar-refractivity contribution < 1.29 is 9.47 Å². The second-order valence-electron chi connectivity index (χ2n) is 5.05. The van der Waals surface area contributed by atoms with Crippen LogP contribution in [0.25, 0.3) is 0 Å². The summed E-state index contributed by atoms with van der Waals surface area (Å²) in [6, 6.07) is 0. The summed E-state index contributed by atoms with van der Waals surface area (Å²) in [5.41, 5.74) is 0. The largest absolute Gasteiger partial charge is 0.348 e. The molecule has 2 heteroatoms. The van der Waals surface area contributed by atoms with Gasteiger partial charge in [-0.1, -0.05) is 19.1 Å². The van der Waals surface area contributed by atoms with Gasteiger partial charge in [-0.3, -0.25) is 0 Å². The molecule has 2 nitrogen and oxygen atoms in total. The molecule has 0 spiro atoms. The summed E-state index contributed by atoms with van der Waals surface area (Å²) in [6.07, 6.45) is 6.06. The molecule has 0 aromatic carbocycles. The standard InChI is InChI=1S/C12H18O2/c1-8-9-3-4-10(7-9)11(8)12(2)13-5-6-14-12/h3-4,8-11H,5-7H2,1-2H3/t8-,9+,10-,11+/m0/s1. The van der Waals surface area contributed by atoms with Crippen LogP contribution in [0.4, 0.5) is 0 Å². The first kappa shape index (κ1) is 8.93. The van der Waals surface area contributed by atoms with Crippen molar-refractivity contribution in [3.05, 3.63) is 12.2 Å². The van der Waals surface area contributed by atoms with Crippen molar-refractivity contribution in [2.24, 2.45) is 23.7 Å². The van der Waals surface area contributed by atoms with Crippen LogP contribution in [-0.4, -0.2) is 19.0 Å². The average molecular weight is 194 g/mol. The van der Waals surface area contributed by atoms with Crippen molar-refractivity contribution in [3.8, 4) is 0 Å². The summed E-state index contributed by atoms with van der Waals surface area (Å²) in [4.78, 5) is 0. The molecule has 78 valence electrons. The summed E-state index contributed by atoms with van der Waals surface area (Å²) in [7, 11) is 0. The molecule has 2 bridgehead atoms. The third-order valence-electron chi connectivity index (χ3n) is 4.32. The summed E-state index contributed by atoms with van der Waals surface area (Å²) in [5, 5.41) is 0. The normalized spacial score (nSPS) is 49.0. The Labute approximate surface area is 85.3 Å². The maximum Gasteiger partial charge on any atom is 0.169 e. The molecule has 2 fully saturated rings. The van der Waals surface area contributed by atoms with Crippen LogP contribution in [0.15, 0.2) is 12.2 Å². The van der Waals surface area contributed by atoms with Crippen LogP contribution in [0, 0.1) is 23.7 Å². The van der Waals surface area contributed by atoms with E-state index in [-0.39, 0.29) is 5.79 Å². The van der Waals surface area contributed by atoms with Gasteiger partial charge >= 0.3 is 0 Å². The Morgan fingerprint density at radius 1 is 1.14 bits per heavy atom. The van der Waals surface area contributed by atoms with E-state index in [4.69, 9.17) is 9.47 Å². The highest BCUT2D eigenvalue weighted by Gasteiger charge is 2.53. The fourth-order valence-electron chi connectivity index (χ4n) is 3.66. The highest BCUT2D eigenvalue weighted by molar-refractivity contribution is 5.15. The molecule has 0 unspecified atom stereocenters. The monoisotopic (exact) mass is 194 g/mol. The van der Waals surface area contributed by atoms with E-state index < -0.39 is 0 Å². The summed E-state index contributed by atoms with van der Waals surface area (Å²) in [5.74, 6) is 2.45. The Kier molecular flexibility index (Phi) is 1.80. The minimum atomic E-state index is -0.302. The predicted molar refractivity (Wildman–Crippen MR) is 53.7 cm³/mol. The van der Waals surface area contributed by atoms with E-state index in [0.717, 1.165) is 19.1 Å². The summed E-state index contributed by atoms with van der Waals surface area (Å²) >= 11 is 0. The van der Waals surface area contributed by atoms with Gasteiger partial charge in [0.15, 0.2) is 5.79 Å². The Morgan fingerprint density at radius 3 is 2.36 bits per heavy atom. The molecule has 3 aliphatic rings. The lowest BCUT2D eigenvalue weighted by Crippen LogP contribution is -2.41. The maximum atomic E-state index is 5.79. The van der Waals surface area contributed by atoms with Gasteiger partial charge in [0.25, 0.3) is 0 Å². The van der Waals surface area contributed by atoms with E-state index in [1.54, 1.807) is 0 Å². The molecular formula is C12H18O2. The molecule has 2 aliphatic carbocycles. The van der Waals surface area contributed by atoms with Crippen LogP contribution < -0.4 is 0 Å².